The van der Waals surface area contributed by atoms with E-state index in [0.717, 1.165) is 10.5 Å². The molecular formula is C80H119Br2ClN8O27. The van der Waals surface area contributed by atoms with Crippen molar-refractivity contribution < 1.29 is 129 Å². The summed E-state index contributed by atoms with van der Waals surface area (Å²) in [7, 11) is 1.63. The highest BCUT2D eigenvalue weighted by molar-refractivity contribution is 9.14. The van der Waals surface area contributed by atoms with Crippen molar-refractivity contribution in [1.29, 1.82) is 0 Å². The average Bonchev–Trinajstić information content (AvgIpc) is 1.42. The topological polar surface area (TPSA) is 442 Å². The number of methoxy groups -OCH3 is 1. The molecule has 4 aliphatic carbocycles. The molecule has 0 spiro atoms. The number of aliphatic hydroxyl groups excluding tert-OH is 1. The zero-order chi connectivity index (χ0) is 85.8. The summed E-state index contributed by atoms with van der Waals surface area (Å²) in [6.07, 6.45) is 5.46. The van der Waals surface area contributed by atoms with Gasteiger partial charge in [0, 0.05) is 62.6 Å². The van der Waals surface area contributed by atoms with Crippen molar-refractivity contribution in [2.45, 2.75) is 127 Å². The highest BCUT2D eigenvalue weighted by Gasteiger charge is 2.76. The summed E-state index contributed by atoms with van der Waals surface area (Å²) in [6.45, 7) is 13.7. The molecule has 10 atom stereocenters. The number of halogens is 3. The Morgan fingerprint density at radius 2 is 1.06 bits per heavy atom. The van der Waals surface area contributed by atoms with Gasteiger partial charge >= 0.3 is 5.97 Å². The lowest BCUT2D eigenvalue weighted by Crippen LogP contribution is -2.69. The van der Waals surface area contributed by atoms with Gasteiger partial charge in [-0.3, -0.25) is 62.4 Å². The van der Waals surface area contributed by atoms with Gasteiger partial charge in [0.1, 0.15) is 34.4 Å². The first-order valence-corrected chi connectivity index (χ1v) is 42.1. The average molecular weight is 1820 g/mol. The van der Waals surface area contributed by atoms with E-state index in [0.29, 0.717) is 170 Å². The number of hydrogen-bond donors (Lipinski definition) is 8. The minimum absolute atomic E-state index is 0.00119. The third kappa shape index (κ3) is 31.4. The number of benzene rings is 1. The predicted molar refractivity (Wildman–Crippen MR) is 432 cm³/mol. The van der Waals surface area contributed by atoms with Gasteiger partial charge in [-0.25, -0.2) is 0 Å². The smallest absolute Gasteiger partial charge is 0.306 e. The SMILES string of the molecule is CCC(=O)O[C@]1(C(=O)COCNC(=O)CNC(=O)[C@H](Cc2ccccc2)NC(=O)CNC(=O)CNC(=O)[C@H](CCCCNC(=O)CCOCCOCCOCCOCCOCCOCCOCCOCCOCCOCCOCCOC)NC(=O)CCN2C(=O)C(Br)=C(Br)C2=O)[C@@H](C)CC2[C@@H]3CCC4=CC(=O)C=C[C@]4(C)[C@@]3(Cl)[C@@H](O)C[C@@]21C. The maximum atomic E-state index is 14.7. The molecule has 0 saturated heterocycles. The zero-order valence-electron chi connectivity index (χ0n) is 68.2. The molecule has 1 heterocycles. The quantitative estimate of drug-likeness (QED) is 0.0152. The molecule has 662 valence electrons. The summed E-state index contributed by atoms with van der Waals surface area (Å²) in [5, 5.41) is 30.0. The van der Waals surface area contributed by atoms with Gasteiger partial charge in [-0.15, -0.1) is 11.6 Å². The van der Waals surface area contributed by atoms with E-state index >= 15 is 0 Å². The zero-order valence-corrected chi connectivity index (χ0v) is 72.1. The summed E-state index contributed by atoms with van der Waals surface area (Å²) in [4.78, 5) is 158. The number of amides is 9. The van der Waals surface area contributed by atoms with Crippen LogP contribution in [0.15, 0.2) is 63.1 Å². The Labute approximate surface area is 710 Å². The van der Waals surface area contributed by atoms with Crippen LogP contribution in [0, 0.1) is 28.6 Å². The lowest BCUT2D eigenvalue weighted by molar-refractivity contribution is -0.203. The molecule has 118 heavy (non-hydrogen) atoms. The standard InChI is InChI=1S/C80H119Br2ClN8O27/c1-6-70(100)118-80(55(2)46-60-59-16-15-57-48-58(92)17-20-77(57,3)79(59,83)63(93)49-78(60,80)4)64(94)53-117-54-88-68(98)51-87-74(102)62(47-56-12-8-7-9-13-56)90-69(99)52-85-67(97)50-86-73(101)61(89-66(96)18-22-91-75(103)71(81)72(82)76(91)104)14-10-11-21-84-65(95)19-23-106-26-27-108-30-31-110-34-35-112-38-39-114-42-43-116-45-44-115-41-40-113-37-36-111-33-32-109-29-28-107-25-24-105-5/h7-9,12-13,17,20,48,55,59-63,93H,6,10-11,14-16,18-19,21-47,49-54H2,1-5H3,(H,84,95)(H,85,97)(H,86,101)(H,87,102)(H,88,98)(H,89,96)(H,90,99)/t55-,59-,60?,61-,62-,63-,77-,78-,79-,80-/m0/s1. The summed E-state index contributed by atoms with van der Waals surface area (Å²) < 4.78 is 77.2. The monoisotopic (exact) mass is 1820 g/mol. The minimum Gasteiger partial charge on any atom is -0.450 e. The third-order valence-electron chi connectivity index (χ3n) is 21.1. The van der Waals surface area contributed by atoms with E-state index in [9.17, 15) is 62.6 Å². The van der Waals surface area contributed by atoms with Gasteiger partial charge in [-0.2, -0.15) is 0 Å². The van der Waals surface area contributed by atoms with E-state index in [1.165, 1.54) is 6.08 Å². The van der Waals surface area contributed by atoms with Crippen LogP contribution < -0.4 is 37.2 Å². The number of Topliss-reactive ketones (excluding diaryl/α,β-unsaturated/α-hetero) is 1. The van der Waals surface area contributed by atoms with Crippen LogP contribution in [0.1, 0.15) is 97.5 Å². The summed E-state index contributed by atoms with van der Waals surface area (Å²) in [5.41, 5.74) is -2.24. The Kier molecular flexibility index (Phi) is 45.8. The number of aliphatic hydroxyl groups is 1. The predicted octanol–water partition coefficient (Wildman–Crippen LogP) is 2.05. The molecule has 35 nitrogen and oxygen atoms in total. The van der Waals surface area contributed by atoms with Crippen molar-refractivity contribution in [3.63, 3.8) is 0 Å². The number of unbranched alkanes of at least 4 members (excludes halogenated alkanes) is 1. The number of rotatable bonds is 63. The fourth-order valence-corrected chi connectivity index (χ4v) is 16.4. The van der Waals surface area contributed by atoms with E-state index in [1.54, 1.807) is 56.5 Å². The molecule has 0 aromatic heterocycles. The Morgan fingerprint density at radius 3 is 1.58 bits per heavy atom. The molecule has 0 bridgehead atoms. The molecule has 1 aromatic rings. The van der Waals surface area contributed by atoms with Gasteiger partial charge in [-0.1, -0.05) is 69.7 Å². The molecule has 0 radical (unpaired) electrons. The van der Waals surface area contributed by atoms with Gasteiger partial charge in [0.05, 0.1) is 183 Å². The van der Waals surface area contributed by atoms with Gasteiger partial charge in [0.25, 0.3) is 11.8 Å². The summed E-state index contributed by atoms with van der Waals surface area (Å²) in [5.74, 6) is -8.77. The normalized spacial score (nSPS) is 22.4. The first-order chi connectivity index (χ1) is 56.8. The number of esters is 1. The van der Waals surface area contributed by atoms with Crippen LogP contribution in [0.4, 0.5) is 0 Å². The Morgan fingerprint density at radius 1 is 0.576 bits per heavy atom. The van der Waals surface area contributed by atoms with Crippen LogP contribution >= 0.6 is 43.5 Å². The molecule has 1 aliphatic heterocycles. The van der Waals surface area contributed by atoms with Crippen molar-refractivity contribution in [2.75, 3.05) is 205 Å². The van der Waals surface area contributed by atoms with E-state index in [4.69, 9.17) is 77.9 Å². The van der Waals surface area contributed by atoms with Crippen molar-refractivity contribution in [1.82, 2.24) is 42.1 Å². The number of nitrogens with one attached hydrogen (secondary N) is 7. The number of carbonyl (C=O) groups is 12. The largest absolute Gasteiger partial charge is 0.450 e. The van der Waals surface area contributed by atoms with E-state index in [-0.39, 0.29) is 104 Å². The van der Waals surface area contributed by atoms with Gasteiger partial charge in [-0.05, 0) is 106 Å². The number of allylic oxidation sites excluding steroid dienone is 4. The van der Waals surface area contributed by atoms with Gasteiger partial charge < -0.3 is 109 Å². The number of alkyl halides is 1. The molecule has 6 rings (SSSR count). The van der Waals surface area contributed by atoms with Crippen LogP contribution in [-0.2, 0) is 130 Å². The minimum atomic E-state index is -1.75. The molecule has 3 fully saturated rings. The molecule has 1 aromatic carbocycles. The van der Waals surface area contributed by atoms with Crippen molar-refractivity contribution in [3.8, 4) is 0 Å². The molecule has 5 aliphatic rings. The Bertz CT molecular complexity index is 3490. The van der Waals surface area contributed by atoms with Crippen LogP contribution in [0.25, 0.3) is 0 Å². The number of carbonyl (C=O) groups excluding carboxylic acids is 12. The number of imide groups is 1. The van der Waals surface area contributed by atoms with Crippen LogP contribution in [0.5, 0.6) is 0 Å². The molecule has 8 N–H and O–H groups in total. The van der Waals surface area contributed by atoms with E-state index < -0.39 is 137 Å². The fraction of sp³-hybridized carbons (Fsp3) is 0.700. The van der Waals surface area contributed by atoms with E-state index in [2.05, 4.69) is 69.1 Å². The maximum absolute atomic E-state index is 14.7. The summed E-state index contributed by atoms with van der Waals surface area (Å²) >= 11 is 13.8. The maximum Gasteiger partial charge on any atom is 0.306 e. The van der Waals surface area contributed by atoms with Crippen molar-refractivity contribution in [2.24, 2.45) is 28.6 Å². The van der Waals surface area contributed by atoms with Gasteiger partial charge in [0.15, 0.2) is 11.4 Å². The second kappa shape index (κ2) is 54.0. The first-order valence-electron chi connectivity index (χ1n) is 40.2. The Balaban J connectivity index is 0.823. The molecule has 3 saturated carbocycles. The molecule has 1 unspecified atom stereocenters. The number of ether oxygens (including phenoxy) is 14. The fourth-order valence-electron chi connectivity index (χ4n) is 15.1. The van der Waals surface area contributed by atoms with Crippen LogP contribution in [0.3, 0.4) is 0 Å². The number of ketones is 2. The highest BCUT2D eigenvalue weighted by Crippen LogP contribution is 2.72. The molecule has 38 heteroatoms. The van der Waals surface area contributed by atoms with Crippen LogP contribution in [-0.4, -0.2) is 314 Å². The van der Waals surface area contributed by atoms with Crippen molar-refractivity contribution >= 4 is 114 Å². The van der Waals surface area contributed by atoms with Crippen LogP contribution in [0.2, 0.25) is 0 Å². The van der Waals surface area contributed by atoms with Gasteiger partial charge in [0.2, 0.25) is 47.1 Å². The number of hydrogen-bond acceptors (Lipinski definition) is 27. The molecular weight excluding hydrogens is 1700 g/mol. The second-order valence-corrected chi connectivity index (χ2v) is 31.3. The second-order valence-electron chi connectivity index (χ2n) is 29.1. The highest BCUT2D eigenvalue weighted by atomic mass is 79.9. The summed E-state index contributed by atoms with van der Waals surface area (Å²) in [6, 6.07) is 6.12. The van der Waals surface area contributed by atoms with Crippen molar-refractivity contribution in [3.05, 3.63) is 68.7 Å². The number of fused-ring (bicyclic) bond motifs is 5. The first kappa shape index (κ1) is 100. The lowest BCUT2D eigenvalue weighted by atomic mass is 9.45. The Hall–Kier alpha value is -6.63. The van der Waals surface area contributed by atoms with E-state index in [1.807, 2.05) is 20.8 Å². The molecule has 9 amide bonds. The lowest BCUT2D eigenvalue weighted by Gasteiger charge is -2.64. The number of nitrogens with zero attached hydrogens (tertiary/aromatic N) is 1. The third-order valence-corrected chi connectivity index (χ3v) is 24.1.